The molecule has 4 heteroatoms. The van der Waals surface area contributed by atoms with E-state index >= 15 is 0 Å². The van der Waals surface area contributed by atoms with Gasteiger partial charge in [0.15, 0.2) is 0 Å². The van der Waals surface area contributed by atoms with E-state index < -0.39 is 0 Å². The van der Waals surface area contributed by atoms with Crippen LogP contribution in [-0.4, -0.2) is 13.7 Å². The lowest BCUT2D eigenvalue weighted by Gasteiger charge is -2.13. The van der Waals surface area contributed by atoms with E-state index in [0.717, 1.165) is 0 Å². The molecular formula is C42H25N3S. The molecule has 0 unspecified atom stereocenters. The predicted octanol–water partition coefficient (Wildman–Crippen LogP) is 11.6. The Hall–Kier alpha value is -5.84. The summed E-state index contributed by atoms with van der Waals surface area (Å²) >= 11 is 1.87. The van der Waals surface area contributed by atoms with Gasteiger partial charge in [-0.15, -0.1) is 11.3 Å². The molecule has 0 fully saturated rings. The Labute approximate surface area is 267 Å². The minimum atomic E-state index is 1.18. The largest absolute Gasteiger partial charge is 0.309 e. The Morgan fingerprint density at radius 3 is 1.57 bits per heavy atom. The SMILES string of the molecule is c1ccc(-n2c3ccccc3c3cc(-n4c5cccc6c5c5c(cccc54)n6-c4ccc5c(c4)sc4ccccc45)ccc32)cc1. The molecule has 46 heavy (non-hydrogen) atoms. The second kappa shape index (κ2) is 8.87. The molecule has 4 aromatic heterocycles. The molecule has 0 aliphatic rings. The first-order chi connectivity index (χ1) is 22.8. The van der Waals surface area contributed by atoms with Crippen LogP contribution in [0.5, 0.6) is 0 Å². The summed E-state index contributed by atoms with van der Waals surface area (Å²) in [6.45, 7) is 0. The fourth-order valence-corrected chi connectivity index (χ4v) is 9.08. The van der Waals surface area contributed by atoms with Crippen LogP contribution in [-0.2, 0) is 0 Å². The van der Waals surface area contributed by atoms with Crippen LogP contribution in [0.1, 0.15) is 0 Å². The number of thiophene rings is 1. The molecule has 4 heterocycles. The third-order valence-electron chi connectivity index (χ3n) is 9.80. The normalized spacial score (nSPS) is 12.3. The monoisotopic (exact) mass is 603 g/mol. The van der Waals surface area contributed by atoms with Crippen molar-refractivity contribution in [1.29, 1.82) is 0 Å². The van der Waals surface area contributed by atoms with Crippen LogP contribution in [0, 0.1) is 0 Å². The molecule has 0 N–H and O–H groups in total. The van der Waals surface area contributed by atoms with Gasteiger partial charge in [0.2, 0.25) is 0 Å². The zero-order valence-electron chi connectivity index (χ0n) is 24.7. The second-order valence-electron chi connectivity index (χ2n) is 12.2. The van der Waals surface area contributed by atoms with E-state index in [1.165, 1.54) is 91.9 Å². The third-order valence-corrected chi connectivity index (χ3v) is 10.9. The fraction of sp³-hybridized carbons (Fsp3) is 0. The molecule has 214 valence electrons. The van der Waals surface area contributed by atoms with Gasteiger partial charge in [0.05, 0.1) is 33.1 Å². The quantitative estimate of drug-likeness (QED) is 0.191. The number of fused-ring (bicyclic) bond motifs is 6. The number of benzene rings is 7. The van der Waals surface area contributed by atoms with Crippen LogP contribution in [0.15, 0.2) is 152 Å². The van der Waals surface area contributed by atoms with Gasteiger partial charge in [-0.2, -0.15) is 0 Å². The summed E-state index contributed by atoms with van der Waals surface area (Å²) < 4.78 is 9.95. The molecule has 11 rings (SSSR count). The van der Waals surface area contributed by atoms with Crippen LogP contribution in [0.25, 0.3) is 91.9 Å². The Balaban J connectivity index is 1.17. The van der Waals surface area contributed by atoms with Gasteiger partial charge < -0.3 is 13.7 Å². The van der Waals surface area contributed by atoms with Gasteiger partial charge >= 0.3 is 0 Å². The summed E-state index contributed by atoms with van der Waals surface area (Å²) in [5.41, 5.74) is 10.9. The Bertz CT molecular complexity index is 2900. The summed E-state index contributed by atoms with van der Waals surface area (Å²) in [4.78, 5) is 0. The second-order valence-corrected chi connectivity index (χ2v) is 13.3. The Kier molecular flexibility index (Phi) is 4.72. The predicted molar refractivity (Wildman–Crippen MR) is 196 cm³/mol. The first-order valence-electron chi connectivity index (χ1n) is 15.7. The molecule has 3 nitrogen and oxygen atoms in total. The molecule has 0 aliphatic carbocycles. The van der Waals surface area contributed by atoms with E-state index in [1.807, 2.05) is 11.3 Å². The first kappa shape index (κ1) is 24.5. The molecule has 7 aromatic carbocycles. The maximum atomic E-state index is 2.46. The molecule has 0 saturated carbocycles. The summed E-state index contributed by atoms with van der Waals surface area (Å²) in [6.07, 6.45) is 0. The minimum Gasteiger partial charge on any atom is -0.309 e. The van der Waals surface area contributed by atoms with Gasteiger partial charge in [-0.3, -0.25) is 0 Å². The standard InChI is InChI=1S/C42H25N3S/c1-2-10-26(11-3-1)43-33-14-6-4-12-29(33)32-24-27(21-23-34(32)43)44-35-15-8-17-37-41(35)42-36(44)16-9-18-38(42)45(37)28-20-22-31-30-13-5-7-19-39(30)46-40(31)25-28/h1-25H. The highest BCUT2D eigenvalue weighted by molar-refractivity contribution is 7.25. The van der Waals surface area contributed by atoms with E-state index in [1.54, 1.807) is 0 Å². The maximum Gasteiger partial charge on any atom is 0.0563 e. The Morgan fingerprint density at radius 2 is 0.826 bits per heavy atom. The highest BCUT2D eigenvalue weighted by atomic mass is 32.1. The summed E-state index contributed by atoms with van der Waals surface area (Å²) in [5, 5.41) is 7.82. The molecule has 0 bridgehead atoms. The van der Waals surface area contributed by atoms with Crippen molar-refractivity contribution in [2.45, 2.75) is 0 Å². The van der Waals surface area contributed by atoms with Crippen molar-refractivity contribution in [3.63, 3.8) is 0 Å². The average Bonchev–Trinajstić information content (AvgIpc) is 3.84. The van der Waals surface area contributed by atoms with Crippen LogP contribution in [0.3, 0.4) is 0 Å². The Morgan fingerprint density at radius 1 is 0.304 bits per heavy atom. The molecule has 0 spiro atoms. The zero-order chi connectivity index (χ0) is 29.9. The van der Waals surface area contributed by atoms with Crippen molar-refractivity contribution in [2.75, 3.05) is 0 Å². The van der Waals surface area contributed by atoms with Gasteiger partial charge in [0, 0.05) is 58.8 Å². The van der Waals surface area contributed by atoms with E-state index in [2.05, 4.69) is 165 Å². The fourth-order valence-electron chi connectivity index (χ4n) is 7.94. The van der Waals surface area contributed by atoms with Crippen molar-refractivity contribution < 1.29 is 0 Å². The van der Waals surface area contributed by atoms with Gasteiger partial charge in [-0.25, -0.2) is 0 Å². The zero-order valence-corrected chi connectivity index (χ0v) is 25.5. The molecule has 11 aromatic rings. The highest BCUT2D eigenvalue weighted by Gasteiger charge is 2.23. The van der Waals surface area contributed by atoms with Crippen LogP contribution >= 0.6 is 11.3 Å². The van der Waals surface area contributed by atoms with E-state index in [-0.39, 0.29) is 0 Å². The van der Waals surface area contributed by atoms with Crippen molar-refractivity contribution in [2.24, 2.45) is 0 Å². The van der Waals surface area contributed by atoms with Crippen molar-refractivity contribution in [3.05, 3.63) is 152 Å². The van der Waals surface area contributed by atoms with Crippen molar-refractivity contribution in [3.8, 4) is 17.1 Å². The summed E-state index contributed by atoms with van der Waals surface area (Å²) in [5.74, 6) is 0. The summed E-state index contributed by atoms with van der Waals surface area (Å²) in [7, 11) is 0. The molecular weight excluding hydrogens is 579 g/mol. The number of hydrogen-bond donors (Lipinski definition) is 0. The third kappa shape index (κ3) is 3.11. The van der Waals surface area contributed by atoms with Crippen LogP contribution in [0.4, 0.5) is 0 Å². The molecule has 0 radical (unpaired) electrons. The van der Waals surface area contributed by atoms with Gasteiger partial charge in [-0.1, -0.05) is 72.8 Å². The van der Waals surface area contributed by atoms with Crippen molar-refractivity contribution >= 4 is 86.2 Å². The van der Waals surface area contributed by atoms with Crippen LogP contribution in [0.2, 0.25) is 0 Å². The topological polar surface area (TPSA) is 14.8 Å². The lowest BCUT2D eigenvalue weighted by atomic mass is 10.1. The van der Waals surface area contributed by atoms with E-state index in [9.17, 15) is 0 Å². The van der Waals surface area contributed by atoms with Crippen molar-refractivity contribution in [1.82, 2.24) is 13.7 Å². The number of rotatable bonds is 3. The van der Waals surface area contributed by atoms with Gasteiger partial charge in [-0.05, 0) is 78.9 Å². The lowest BCUT2D eigenvalue weighted by molar-refractivity contribution is 1.15. The minimum absolute atomic E-state index is 1.18. The smallest absolute Gasteiger partial charge is 0.0563 e. The lowest BCUT2D eigenvalue weighted by Crippen LogP contribution is -1.98. The number of para-hydroxylation sites is 2. The molecule has 0 aliphatic heterocycles. The highest BCUT2D eigenvalue weighted by Crippen LogP contribution is 2.44. The number of aromatic nitrogens is 3. The van der Waals surface area contributed by atoms with Gasteiger partial charge in [0.1, 0.15) is 0 Å². The molecule has 0 amide bonds. The van der Waals surface area contributed by atoms with E-state index in [4.69, 9.17) is 0 Å². The molecule has 0 atom stereocenters. The first-order valence-corrected chi connectivity index (χ1v) is 16.5. The van der Waals surface area contributed by atoms with Crippen LogP contribution < -0.4 is 0 Å². The van der Waals surface area contributed by atoms with E-state index in [0.29, 0.717) is 0 Å². The molecule has 0 saturated heterocycles. The maximum absolute atomic E-state index is 2.46. The summed E-state index contributed by atoms with van der Waals surface area (Å²) in [6, 6.07) is 55.6. The van der Waals surface area contributed by atoms with Gasteiger partial charge in [0.25, 0.3) is 0 Å². The number of hydrogen-bond acceptors (Lipinski definition) is 1. The number of nitrogens with zero attached hydrogens (tertiary/aromatic N) is 3. The average molecular weight is 604 g/mol.